The van der Waals surface area contributed by atoms with Gasteiger partial charge in [0.1, 0.15) is 0 Å². The number of nitrogens with one attached hydrogen (secondary N) is 1. The van der Waals surface area contributed by atoms with Crippen LogP contribution in [0.25, 0.3) is 0 Å². The maximum Gasteiger partial charge on any atom is 0.0416 e. The van der Waals surface area contributed by atoms with Crippen molar-refractivity contribution in [2.45, 2.75) is 39.3 Å². The van der Waals surface area contributed by atoms with Crippen molar-refractivity contribution in [2.24, 2.45) is 0 Å². The zero-order chi connectivity index (χ0) is 12.7. The molecule has 0 aliphatic carbocycles. The van der Waals surface area contributed by atoms with Crippen molar-refractivity contribution in [1.82, 2.24) is 15.2 Å². The first-order valence-corrected chi connectivity index (χ1v) is 6.43. The van der Waals surface area contributed by atoms with Crippen molar-refractivity contribution in [3.8, 4) is 0 Å². The lowest BCUT2D eigenvalue weighted by Crippen LogP contribution is -2.41. The average Bonchev–Trinajstić information content (AvgIpc) is 2.34. The third-order valence-corrected chi connectivity index (χ3v) is 3.02. The summed E-state index contributed by atoms with van der Waals surface area (Å²) in [7, 11) is 2.18. The molecule has 1 heterocycles. The van der Waals surface area contributed by atoms with E-state index in [0.717, 1.165) is 19.5 Å². The second kappa shape index (κ2) is 7.41. The van der Waals surface area contributed by atoms with E-state index in [4.69, 9.17) is 0 Å². The predicted octanol–water partition coefficient (Wildman–Crippen LogP) is 1.94. The number of hydrogen-bond donors (Lipinski definition) is 1. The molecule has 0 spiro atoms. The van der Waals surface area contributed by atoms with Crippen LogP contribution in [0.3, 0.4) is 0 Å². The predicted molar refractivity (Wildman–Crippen MR) is 73.2 cm³/mol. The monoisotopic (exact) mass is 235 g/mol. The molecule has 0 amide bonds. The van der Waals surface area contributed by atoms with Crippen LogP contribution in [0.1, 0.15) is 26.5 Å². The summed E-state index contributed by atoms with van der Waals surface area (Å²) in [6.07, 6.45) is 2.88. The van der Waals surface area contributed by atoms with Crippen LogP contribution in [0, 0.1) is 0 Å². The van der Waals surface area contributed by atoms with Gasteiger partial charge in [-0.2, -0.15) is 0 Å². The summed E-state index contributed by atoms with van der Waals surface area (Å²) in [4.78, 5) is 6.72. The van der Waals surface area contributed by atoms with Crippen molar-refractivity contribution >= 4 is 0 Å². The highest BCUT2D eigenvalue weighted by molar-refractivity contribution is 5.03. The van der Waals surface area contributed by atoms with Crippen molar-refractivity contribution in [1.29, 1.82) is 0 Å². The second-order valence-corrected chi connectivity index (χ2v) is 4.96. The van der Waals surface area contributed by atoms with E-state index in [0.29, 0.717) is 12.1 Å². The van der Waals surface area contributed by atoms with Crippen LogP contribution in [-0.2, 0) is 6.42 Å². The van der Waals surface area contributed by atoms with Gasteiger partial charge in [-0.25, -0.2) is 0 Å². The van der Waals surface area contributed by atoms with Gasteiger partial charge in [0.15, 0.2) is 0 Å². The highest BCUT2D eigenvalue weighted by atomic mass is 15.1. The Bertz CT molecular complexity index is 298. The molecule has 0 aliphatic rings. The molecule has 0 saturated heterocycles. The summed E-state index contributed by atoms with van der Waals surface area (Å²) in [5.74, 6) is 0. The van der Waals surface area contributed by atoms with Crippen LogP contribution in [0.4, 0.5) is 0 Å². The van der Waals surface area contributed by atoms with Crippen LogP contribution in [0.15, 0.2) is 24.4 Å². The Morgan fingerprint density at radius 1 is 1.29 bits per heavy atom. The van der Waals surface area contributed by atoms with Gasteiger partial charge >= 0.3 is 0 Å². The van der Waals surface area contributed by atoms with E-state index in [2.05, 4.69) is 49.1 Å². The minimum atomic E-state index is 0.557. The fraction of sp³-hybridized carbons (Fsp3) is 0.643. The van der Waals surface area contributed by atoms with Gasteiger partial charge in [-0.15, -0.1) is 0 Å². The molecule has 0 aromatic carbocycles. The van der Waals surface area contributed by atoms with E-state index in [-0.39, 0.29) is 0 Å². The Morgan fingerprint density at radius 3 is 2.65 bits per heavy atom. The first-order valence-electron chi connectivity index (χ1n) is 6.43. The van der Waals surface area contributed by atoms with E-state index in [1.807, 2.05) is 18.3 Å². The molecule has 0 aliphatic heterocycles. The standard InChI is InChI=1S/C14H25N3/c1-12(2)16-11-13(3)17(4)10-8-14-7-5-6-9-15-14/h5-7,9,12-13,16H,8,10-11H2,1-4H3. The lowest BCUT2D eigenvalue weighted by molar-refractivity contribution is 0.249. The molecule has 1 aromatic rings. The number of rotatable bonds is 7. The number of aromatic nitrogens is 1. The lowest BCUT2D eigenvalue weighted by Gasteiger charge is -2.25. The smallest absolute Gasteiger partial charge is 0.0416 e. The molecule has 1 unspecified atom stereocenters. The van der Waals surface area contributed by atoms with Crippen LogP contribution in [-0.4, -0.2) is 42.1 Å². The molecule has 17 heavy (non-hydrogen) atoms. The fourth-order valence-corrected chi connectivity index (χ4v) is 1.62. The van der Waals surface area contributed by atoms with Crippen LogP contribution in [0.5, 0.6) is 0 Å². The summed E-state index contributed by atoms with van der Waals surface area (Å²) in [6.45, 7) is 8.71. The number of nitrogens with zero attached hydrogens (tertiary/aromatic N) is 2. The number of likely N-dealkylation sites (N-methyl/N-ethyl adjacent to an activating group) is 1. The third kappa shape index (κ3) is 5.80. The van der Waals surface area contributed by atoms with Crippen LogP contribution >= 0.6 is 0 Å². The lowest BCUT2D eigenvalue weighted by atomic mass is 10.2. The Morgan fingerprint density at radius 2 is 2.06 bits per heavy atom. The molecule has 1 rings (SSSR count). The molecular formula is C14H25N3. The molecule has 3 heteroatoms. The van der Waals surface area contributed by atoms with E-state index in [9.17, 15) is 0 Å². The van der Waals surface area contributed by atoms with Crippen molar-refractivity contribution < 1.29 is 0 Å². The Hall–Kier alpha value is -0.930. The summed E-state index contributed by atoms with van der Waals surface area (Å²) >= 11 is 0. The second-order valence-electron chi connectivity index (χ2n) is 4.96. The average molecular weight is 235 g/mol. The summed E-state index contributed by atoms with van der Waals surface area (Å²) < 4.78 is 0. The van der Waals surface area contributed by atoms with E-state index >= 15 is 0 Å². The quantitative estimate of drug-likeness (QED) is 0.783. The molecule has 1 aromatic heterocycles. The van der Waals surface area contributed by atoms with E-state index in [1.165, 1.54) is 5.69 Å². The van der Waals surface area contributed by atoms with Gasteiger partial charge < -0.3 is 10.2 Å². The molecule has 0 saturated carbocycles. The summed E-state index contributed by atoms with van der Waals surface area (Å²) in [6, 6.07) is 7.21. The van der Waals surface area contributed by atoms with Gasteiger partial charge in [-0.1, -0.05) is 19.9 Å². The van der Waals surface area contributed by atoms with Gasteiger partial charge in [0.2, 0.25) is 0 Å². The van der Waals surface area contributed by atoms with Gasteiger partial charge in [0.25, 0.3) is 0 Å². The highest BCUT2D eigenvalue weighted by Crippen LogP contribution is 2.00. The van der Waals surface area contributed by atoms with Gasteiger partial charge in [0, 0.05) is 43.5 Å². The van der Waals surface area contributed by atoms with Gasteiger partial charge in [-0.05, 0) is 26.1 Å². The largest absolute Gasteiger partial charge is 0.313 e. The molecule has 1 atom stereocenters. The first-order chi connectivity index (χ1) is 8.09. The normalized spacial score (nSPS) is 13.3. The van der Waals surface area contributed by atoms with Crippen molar-refractivity contribution in [2.75, 3.05) is 20.1 Å². The van der Waals surface area contributed by atoms with Crippen molar-refractivity contribution in [3.63, 3.8) is 0 Å². The maximum absolute atomic E-state index is 4.34. The maximum atomic E-state index is 4.34. The third-order valence-electron chi connectivity index (χ3n) is 3.02. The molecule has 0 fully saturated rings. The Labute approximate surface area is 105 Å². The van der Waals surface area contributed by atoms with Gasteiger partial charge in [-0.3, -0.25) is 4.98 Å². The van der Waals surface area contributed by atoms with Crippen molar-refractivity contribution in [3.05, 3.63) is 30.1 Å². The minimum Gasteiger partial charge on any atom is -0.313 e. The molecule has 0 radical (unpaired) electrons. The van der Waals surface area contributed by atoms with E-state index < -0.39 is 0 Å². The Balaban J connectivity index is 2.26. The first kappa shape index (κ1) is 14.1. The number of hydrogen-bond acceptors (Lipinski definition) is 3. The van der Waals surface area contributed by atoms with E-state index in [1.54, 1.807) is 0 Å². The number of pyridine rings is 1. The summed E-state index contributed by atoms with van der Waals surface area (Å²) in [5.41, 5.74) is 1.17. The summed E-state index contributed by atoms with van der Waals surface area (Å²) in [5, 5.41) is 3.47. The zero-order valence-corrected chi connectivity index (χ0v) is 11.5. The zero-order valence-electron chi connectivity index (χ0n) is 11.5. The fourth-order valence-electron chi connectivity index (χ4n) is 1.62. The molecule has 0 bridgehead atoms. The Kier molecular flexibility index (Phi) is 6.16. The molecule has 1 N–H and O–H groups in total. The SMILES string of the molecule is CC(C)NCC(C)N(C)CCc1ccccn1. The highest BCUT2D eigenvalue weighted by Gasteiger charge is 2.09. The molecular weight excluding hydrogens is 210 g/mol. The molecule has 3 nitrogen and oxygen atoms in total. The topological polar surface area (TPSA) is 28.2 Å². The molecule has 96 valence electrons. The van der Waals surface area contributed by atoms with Crippen LogP contribution in [0.2, 0.25) is 0 Å². The minimum absolute atomic E-state index is 0.557. The van der Waals surface area contributed by atoms with Crippen LogP contribution < -0.4 is 5.32 Å². The van der Waals surface area contributed by atoms with Gasteiger partial charge in [0.05, 0.1) is 0 Å².